The minimum atomic E-state index is 0.858. The van der Waals surface area contributed by atoms with Crippen molar-refractivity contribution in [1.82, 2.24) is 0 Å². The summed E-state index contributed by atoms with van der Waals surface area (Å²) in [7, 11) is 0. The highest BCUT2D eigenvalue weighted by molar-refractivity contribution is 4.50. The second kappa shape index (κ2) is 12.6. The maximum Gasteiger partial charge on any atom is -0.00773 e. The molecule has 70 valence electrons. The van der Waals surface area contributed by atoms with Gasteiger partial charge >= 0.3 is 0 Å². The Morgan fingerprint density at radius 2 is 1.73 bits per heavy atom. The van der Waals surface area contributed by atoms with Crippen LogP contribution in [0.5, 0.6) is 0 Å². The van der Waals surface area contributed by atoms with Crippen LogP contribution < -0.4 is 5.73 Å². The van der Waals surface area contributed by atoms with Crippen molar-refractivity contribution in [3.63, 3.8) is 0 Å². The molecular weight excluding hydrogens is 134 g/mol. The zero-order chi connectivity index (χ0) is 9.11. The largest absolute Gasteiger partial charge is 0.330 e. The third-order valence-corrected chi connectivity index (χ3v) is 1.85. The summed E-state index contributed by atoms with van der Waals surface area (Å²) in [6, 6.07) is 0. The van der Waals surface area contributed by atoms with Gasteiger partial charge in [-0.15, -0.1) is 0 Å². The molecule has 0 saturated heterocycles. The van der Waals surface area contributed by atoms with E-state index in [9.17, 15) is 0 Å². The first-order chi connectivity index (χ1) is 5.31. The molecule has 0 amide bonds. The van der Waals surface area contributed by atoms with Gasteiger partial charge in [0.15, 0.2) is 0 Å². The summed E-state index contributed by atoms with van der Waals surface area (Å²) >= 11 is 0. The van der Waals surface area contributed by atoms with E-state index in [0.717, 1.165) is 12.5 Å². The Hall–Kier alpha value is -0.0400. The predicted molar refractivity (Wildman–Crippen MR) is 53.7 cm³/mol. The van der Waals surface area contributed by atoms with Crippen molar-refractivity contribution in [2.45, 2.75) is 53.4 Å². The highest BCUT2D eigenvalue weighted by Gasteiger charge is 1.95. The van der Waals surface area contributed by atoms with Crippen LogP contribution in [0, 0.1) is 5.92 Å². The fourth-order valence-corrected chi connectivity index (χ4v) is 0.841. The molecule has 1 atom stereocenters. The third kappa shape index (κ3) is 13.0. The van der Waals surface area contributed by atoms with Crippen molar-refractivity contribution in [3.8, 4) is 0 Å². The van der Waals surface area contributed by atoms with Crippen LogP contribution in [0.2, 0.25) is 0 Å². The monoisotopic (exact) mass is 159 g/mol. The lowest BCUT2D eigenvalue weighted by molar-refractivity contribution is 0.487. The first-order valence-electron chi connectivity index (χ1n) is 5.01. The molecule has 1 heteroatoms. The number of hydrogen-bond acceptors (Lipinski definition) is 1. The standard InChI is InChI=1S/C8H19N.C2H6/c1-3-8(2)6-4-5-7-9;1-2/h8H,3-7,9H2,1-2H3;1-2H3. The van der Waals surface area contributed by atoms with Crippen LogP contribution in [-0.2, 0) is 0 Å². The zero-order valence-corrected chi connectivity index (χ0v) is 8.69. The first-order valence-corrected chi connectivity index (χ1v) is 5.01. The number of hydrogen-bond donors (Lipinski definition) is 1. The Balaban J connectivity index is 0. The van der Waals surface area contributed by atoms with E-state index in [-0.39, 0.29) is 0 Å². The lowest BCUT2D eigenvalue weighted by Crippen LogP contribution is -1.99. The molecule has 0 aliphatic heterocycles. The maximum atomic E-state index is 5.36. The van der Waals surface area contributed by atoms with Crippen LogP contribution in [0.1, 0.15) is 53.4 Å². The van der Waals surface area contributed by atoms with E-state index in [4.69, 9.17) is 5.73 Å². The molecule has 0 aromatic rings. The molecule has 0 bridgehead atoms. The van der Waals surface area contributed by atoms with Crippen molar-refractivity contribution in [2.24, 2.45) is 11.7 Å². The van der Waals surface area contributed by atoms with Crippen LogP contribution in [0.25, 0.3) is 0 Å². The lowest BCUT2D eigenvalue weighted by Gasteiger charge is -2.05. The molecule has 0 rings (SSSR count). The molecule has 0 aliphatic carbocycles. The van der Waals surface area contributed by atoms with E-state index >= 15 is 0 Å². The molecule has 1 unspecified atom stereocenters. The van der Waals surface area contributed by atoms with E-state index in [1.54, 1.807) is 0 Å². The van der Waals surface area contributed by atoms with Gasteiger partial charge in [0, 0.05) is 0 Å². The van der Waals surface area contributed by atoms with Gasteiger partial charge in [0.25, 0.3) is 0 Å². The fourth-order valence-electron chi connectivity index (χ4n) is 0.841. The highest BCUT2D eigenvalue weighted by atomic mass is 14.5. The topological polar surface area (TPSA) is 26.0 Å². The maximum absolute atomic E-state index is 5.36. The summed E-state index contributed by atoms with van der Waals surface area (Å²) in [5, 5.41) is 0. The summed E-state index contributed by atoms with van der Waals surface area (Å²) in [6.45, 7) is 9.40. The molecule has 1 nitrogen and oxygen atoms in total. The minimum absolute atomic E-state index is 0.858. The molecule has 0 aromatic carbocycles. The molecule has 0 radical (unpaired) electrons. The summed E-state index contributed by atoms with van der Waals surface area (Å²) in [5.74, 6) is 0.900. The summed E-state index contributed by atoms with van der Waals surface area (Å²) in [5.41, 5.74) is 5.36. The van der Waals surface area contributed by atoms with Crippen LogP contribution >= 0.6 is 0 Å². The normalized spacial score (nSPS) is 11.7. The Morgan fingerprint density at radius 1 is 1.18 bits per heavy atom. The van der Waals surface area contributed by atoms with Gasteiger partial charge in [-0.1, -0.05) is 47.0 Å². The quantitative estimate of drug-likeness (QED) is 0.613. The highest BCUT2D eigenvalue weighted by Crippen LogP contribution is 2.09. The molecule has 0 aromatic heterocycles. The van der Waals surface area contributed by atoms with Gasteiger partial charge in [-0.05, 0) is 18.9 Å². The molecule has 0 fully saturated rings. The Morgan fingerprint density at radius 3 is 2.09 bits per heavy atom. The summed E-state index contributed by atoms with van der Waals surface area (Å²) in [4.78, 5) is 0. The smallest absolute Gasteiger partial charge is 0.00773 e. The van der Waals surface area contributed by atoms with E-state index in [2.05, 4.69) is 13.8 Å². The Labute approximate surface area is 72.4 Å². The second-order valence-electron chi connectivity index (χ2n) is 2.80. The average molecular weight is 159 g/mol. The lowest BCUT2D eigenvalue weighted by atomic mass is 10.0. The molecule has 0 heterocycles. The van der Waals surface area contributed by atoms with E-state index in [0.29, 0.717) is 0 Å². The van der Waals surface area contributed by atoms with E-state index < -0.39 is 0 Å². The molecule has 2 N–H and O–H groups in total. The average Bonchev–Trinajstić information content (AvgIpc) is 2.08. The summed E-state index contributed by atoms with van der Waals surface area (Å²) < 4.78 is 0. The molecule has 0 spiro atoms. The Kier molecular flexibility index (Phi) is 15.5. The number of nitrogens with two attached hydrogens (primary N) is 1. The van der Waals surface area contributed by atoms with Gasteiger partial charge in [-0.3, -0.25) is 0 Å². The van der Waals surface area contributed by atoms with E-state index in [1.165, 1.54) is 25.7 Å². The van der Waals surface area contributed by atoms with Crippen LogP contribution in [0.4, 0.5) is 0 Å². The second-order valence-corrected chi connectivity index (χ2v) is 2.80. The van der Waals surface area contributed by atoms with Crippen LogP contribution in [0.15, 0.2) is 0 Å². The third-order valence-electron chi connectivity index (χ3n) is 1.85. The SMILES string of the molecule is CC.CCC(C)CCCCN. The molecular formula is C10H25N. The Bertz CT molecular complexity index is 52.8. The number of rotatable bonds is 5. The van der Waals surface area contributed by atoms with Crippen LogP contribution in [0.3, 0.4) is 0 Å². The van der Waals surface area contributed by atoms with Gasteiger partial charge in [-0.25, -0.2) is 0 Å². The fraction of sp³-hybridized carbons (Fsp3) is 1.00. The van der Waals surface area contributed by atoms with Crippen LogP contribution in [-0.4, -0.2) is 6.54 Å². The predicted octanol–water partition coefficient (Wildman–Crippen LogP) is 3.19. The molecule has 0 saturated carbocycles. The van der Waals surface area contributed by atoms with Crippen molar-refractivity contribution in [3.05, 3.63) is 0 Å². The van der Waals surface area contributed by atoms with Crippen molar-refractivity contribution < 1.29 is 0 Å². The van der Waals surface area contributed by atoms with Crippen molar-refractivity contribution in [1.29, 1.82) is 0 Å². The number of unbranched alkanes of at least 4 members (excludes halogenated alkanes) is 1. The van der Waals surface area contributed by atoms with Gasteiger partial charge in [0.1, 0.15) is 0 Å². The first kappa shape index (κ1) is 13.5. The van der Waals surface area contributed by atoms with Gasteiger partial charge < -0.3 is 5.73 Å². The van der Waals surface area contributed by atoms with Crippen molar-refractivity contribution in [2.75, 3.05) is 6.54 Å². The molecule has 0 aliphatic rings. The van der Waals surface area contributed by atoms with Gasteiger partial charge in [-0.2, -0.15) is 0 Å². The van der Waals surface area contributed by atoms with E-state index in [1.807, 2.05) is 13.8 Å². The van der Waals surface area contributed by atoms with Gasteiger partial charge in [0.05, 0.1) is 0 Å². The van der Waals surface area contributed by atoms with Crippen molar-refractivity contribution >= 4 is 0 Å². The summed E-state index contributed by atoms with van der Waals surface area (Å²) in [6.07, 6.45) is 5.17. The zero-order valence-electron chi connectivity index (χ0n) is 8.69. The minimum Gasteiger partial charge on any atom is -0.330 e. The molecule has 11 heavy (non-hydrogen) atoms. The van der Waals surface area contributed by atoms with Gasteiger partial charge in [0.2, 0.25) is 0 Å².